The van der Waals surface area contributed by atoms with Crippen LogP contribution in [0.1, 0.15) is 63.0 Å². The summed E-state index contributed by atoms with van der Waals surface area (Å²) in [7, 11) is 0. The number of carboxylic acids is 1. The Morgan fingerprint density at radius 2 is 1.69 bits per heavy atom. The van der Waals surface area contributed by atoms with E-state index in [0.717, 1.165) is 24.0 Å². The number of amides is 2. The van der Waals surface area contributed by atoms with E-state index in [1.54, 1.807) is 0 Å². The van der Waals surface area contributed by atoms with Crippen molar-refractivity contribution < 1.29 is 24.2 Å². The molecule has 0 bridgehead atoms. The Morgan fingerprint density at radius 1 is 1.06 bits per heavy atom. The summed E-state index contributed by atoms with van der Waals surface area (Å²) >= 11 is 0. The zero-order valence-corrected chi connectivity index (χ0v) is 20.4. The van der Waals surface area contributed by atoms with E-state index < -0.39 is 12.1 Å². The van der Waals surface area contributed by atoms with Gasteiger partial charge >= 0.3 is 12.1 Å². The Morgan fingerprint density at radius 3 is 2.29 bits per heavy atom. The van der Waals surface area contributed by atoms with Crippen molar-refractivity contribution in [2.24, 2.45) is 5.92 Å². The molecular formula is C28H34N2O5. The molecule has 35 heavy (non-hydrogen) atoms. The van der Waals surface area contributed by atoms with Gasteiger partial charge in [-0.25, -0.2) is 4.79 Å². The quantitative estimate of drug-likeness (QED) is 0.568. The van der Waals surface area contributed by atoms with E-state index >= 15 is 0 Å². The van der Waals surface area contributed by atoms with Gasteiger partial charge in [0.2, 0.25) is 5.91 Å². The van der Waals surface area contributed by atoms with Crippen LogP contribution >= 0.6 is 0 Å². The fourth-order valence-corrected chi connectivity index (χ4v) is 5.40. The number of nitrogens with zero attached hydrogens (tertiary/aromatic N) is 1. The predicted octanol–water partition coefficient (Wildman–Crippen LogP) is 4.80. The Hall–Kier alpha value is -3.35. The van der Waals surface area contributed by atoms with E-state index in [4.69, 9.17) is 4.74 Å². The lowest BCUT2D eigenvalue weighted by molar-refractivity contribution is -0.148. The topological polar surface area (TPSA) is 95.9 Å². The molecule has 186 valence electrons. The minimum atomic E-state index is -1.01. The van der Waals surface area contributed by atoms with E-state index in [2.05, 4.69) is 29.6 Å². The Balaban J connectivity index is 1.35. The normalized spacial score (nSPS) is 19.8. The van der Waals surface area contributed by atoms with Crippen molar-refractivity contribution >= 4 is 18.0 Å². The largest absolute Gasteiger partial charge is 0.480 e. The Labute approximate surface area is 206 Å². The number of nitrogens with one attached hydrogen (secondary N) is 1. The highest BCUT2D eigenvalue weighted by atomic mass is 16.5. The van der Waals surface area contributed by atoms with E-state index in [9.17, 15) is 19.5 Å². The van der Waals surface area contributed by atoms with Crippen LogP contribution in [0.3, 0.4) is 0 Å². The molecule has 7 nitrogen and oxygen atoms in total. The number of hydrogen-bond donors (Lipinski definition) is 2. The highest BCUT2D eigenvalue weighted by Crippen LogP contribution is 2.44. The van der Waals surface area contributed by atoms with Crippen LogP contribution < -0.4 is 5.32 Å². The van der Waals surface area contributed by atoms with Gasteiger partial charge < -0.3 is 20.1 Å². The zero-order valence-electron chi connectivity index (χ0n) is 20.4. The average molecular weight is 479 g/mol. The molecule has 4 rings (SSSR count). The summed E-state index contributed by atoms with van der Waals surface area (Å²) in [4.78, 5) is 38.6. The summed E-state index contributed by atoms with van der Waals surface area (Å²) < 4.78 is 5.67. The lowest BCUT2D eigenvalue weighted by atomic mass is 9.84. The maximum absolute atomic E-state index is 13.1. The van der Waals surface area contributed by atoms with Crippen molar-refractivity contribution in [2.45, 2.75) is 64.0 Å². The Kier molecular flexibility index (Phi) is 7.73. The fourth-order valence-electron chi connectivity index (χ4n) is 5.40. The molecule has 0 radical (unpaired) electrons. The second kappa shape index (κ2) is 10.9. The average Bonchev–Trinajstić information content (AvgIpc) is 3.19. The van der Waals surface area contributed by atoms with Crippen LogP contribution in [0.5, 0.6) is 0 Å². The van der Waals surface area contributed by atoms with Gasteiger partial charge in [0.1, 0.15) is 13.2 Å². The molecule has 7 heteroatoms. The third-order valence-corrected chi connectivity index (χ3v) is 7.40. The molecule has 0 aliphatic heterocycles. The summed E-state index contributed by atoms with van der Waals surface area (Å²) in [5.41, 5.74) is 4.68. The van der Waals surface area contributed by atoms with Crippen LogP contribution in [0.2, 0.25) is 0 Å². The molecule has 2 aliphatic carbocycles. The summed E-state index contributed by atoms with van der Waals surface area (Å²) in [5.74, 6) is -1.45. The van der Waals surface area contributed by atoms with Gasteiger partial charge in [0.05, 0.1) is 0 Å². The third kappa shape index (κ3) is 5.50. The van der Waals surface area contributed by atoms with Crippen LogP contribution in [0, 0.1) is 5.92 Å². The number of carbonyl (C=O) groups excluding carboxylic acids is 2. The van der Waals surface area contributed by atoms with Gasteiger partial charge in [0, 0.05) is 23.9 Å². The van der Waals surface area contributed by atoms with Gasteiger partial charge in [-0.2, -0.15) is 0 Å². The number of carbonyl (C=O) groups is 3. The molecule has 1 unspecified atom stereocenters. The number of hydrogen-bond acceptors (Lipinski definition) is 4. The summed E-state index contributed by atoms with van der Waals surface area (Å²) in [5, 5.41) is 12.2. The highest BCUT2D eigenvalue weighted by molar-refractivity contribution is 5.83. The Bertz CT molecular complexity index is 1040. The van der Waals surface area contributed by atoms with Crippen molar-refractivity contribution in [2.75, 3.05) is 13.2 Å². The maximum atomic E-state index is 13.1. The smallest absolute Gasteiger partial charge is 0.407 e. The molecule has 2 aromatic carbocycles. The predicted molar refractivity (Wildman–Crippen MR) is 133 cm³/mol. The van der Waals surface area contributed by atoms with Crippen molar-refractivity contribution in [3.8, 4) is 11.1 Å². The van der Waals surface area contributed by atoms with Crippen molar-refractivity contribution in [1.82, 2.24) is 10.2 Å². The molecule has 2 amide bonds. The number of rotatable bonds is 8. The van der Waals surface area contributed by atoms with Crippen LogP contribution in [0.4, 0.5) is 4.79 Å². The van der Waals surface area contributed by atoms with Crippen molar-refractivity contribution in [3.63, 3.8) is 0 Å². The second-order valence-corrected chi connectivity index (χ2v) is 9.65. The number of fused-ring (bicyclic) bond motifs is 3. The van der Waals surface area contributed by atoms with Gasteiger partial charge in [-0.1, -0.05) is 61.9 Å². The van der Waals surface area contributed by atoms with Gasteiger partial charge in [-0.15, -0.1) is 0 Å². The minimum Gasteiger partial charge on any atom is -0.480 e. The molecule has 3 atom stereocenters. The monoisotopic (exact) mass is 478 g/mol. The molecule has 0 heterocycles. The summed E-state index contributed by atoms with van der Waals surface area (Å²) in [6, 6.07) is 16.1. The van der Waals surface area contributed by atoms with E-state index in [1.807, 2.05) is 38.1 Å². The SMILES string of the molecule is CCC(C)N(CC(=O)O)C(=O)[C@H]1CCC[C@@H](NC(=O)OCC2c3ccccc3-c3ccccc32)C1. The van der Waals surface area contributed by atoms with Gasteiger partial charge in [-0.3, -0.25) is 9.59 Å². The first-order valence-corrected chi connectivity index (χ1v) is 12.5. The highest BCUT2D eigenvalue weighted by Gasteiger charge is 2.34. The molecular weight excluding hydrogens is 444 g/mol. The number of aliphatic carboxylic acids is 1. The first kappa shape index (κ1) is 24.8. The third-order valence-electron chi connectivity index (χ3n) is 7.40. The molecule has 0 spiro atoms. The number of benzene rings is 2. The molecule has 1 fully saturated rings. The summed E-state index contributed by atoms with van der Waals surface area (Å²) in [6.07, 6.45) is 2.98. The van der Waals surface area contributed by atoms with Crippen LogP contribution in [0.15, 0.2) is 48.5 Å². The molecule has 2 aliphatic rings. The molecule has 2 N–H and O–H groups in total. The van der Waals surface area contributed by atoms with E-state index in [-0.39, 0.29) is 43.0 Å². The second-order valence-electron chi connectivity index (χ2n) is 9.65. The standard InChI is InChI=1S/C28H34N2O5/c1-3-18(2)30(16-26(31)32)27(33)19-9-8-10-20(15-19)29-28(34)35-17-25-23-13-6-4-11-21(23)22-12-5-7-14-24(22)25/h4-7,11-14,18-20,25H,3,8-10,15-17H2,1-2H3,(H,29,34)(H,31,32)/t18?,19-,20+/m0/s1. The minimum absolute atomic E-state index is 0.00561. The first-order chi connectivity index (χ1) is 16.9. The van der Waals surface area contributed by atoms with Crippen molar-refractivity contribution in [1.29, 1.82) is 0 Å². The molecule has 0 saturated heterocycles. The lowest BCUT2D eigenvalue weighted by Gasteiger charge is -2.34. The van der Waals surface area contributed by atoms with Gasteiger partial charge in [0.25, 0.3) is 0 Å². The molecule has 1 saturated carbocycles. The van der Waals surface area contributed by atoms with Gasteiger partial charge in [-0.05, 0) is 54.9 Å². The van der Waals surface area contributed by atoms with E-state index in [1.165, 1.54) is 16.0 Å². The maximum Gasteiger partial charge on any atom is 0.407 e. The lowest BCUT2D eigenvalue weighted by Crippen LogP contribution is -2.48. The molecule has 0 aromatic heterocycles. The van der Waals surface area contributed by atoms with Crippen molar-refractivity contribution in [3.05, 3.63) is 59.7 Å². The first-order valence-electron chi connectivity index (χ1n) is 12.5. The van der Waals surface area contributed by atoms with Gasteiger partial charge in [0.15, 0.2) is 0 Å². The van der Waals surface area contributed by atoms with E-state index in [0.29, 0.717) is 19.3 Å². The van der Waals surface area contributed by atoms with Crippen LogP contribution in [-0.4, -0.2) is 53.2 Å². The summed E-state index contributed by atoms with van der Waals surface area (Å²) in [6.45, 7) is 3.76. The van der Waals surface area contributed by atoms with Crippen LogP contribution in [-0.2, 0) is 14.3 Å². The fraction of sp³-hybridized carbons (Fsp3) is 0.464. The number of ether oxygens (including phenoxy) is 1. The number of carboxylic acid groups (broad SMARTS) is 1. The zero-order chi connectivity index (χ0) is 24.9. The molecule has 2 aromatic rings. The number of alkyl carbamates (subject to hydrolysis) is 1. The van der Waals surface area contributed by atoms with Crippen LogP contribution in [0.25, 0.3) is 11.1 Å².